The lowest BCUT2D eigenvalue weighted by molar-refractivity contribution is -0.141. The molecular weight excluding hydrogens is 356 g/mol. The fraction of sp³-hybridized carbons (Fsp3) is 0.533. The zero-order chi connectivity index (χ0) is 15.6. The summed E-state index contributed by atoms with van der Waals surface area (Å²) < 4.78 is 6.50. The number of piperidine rings is 1. The summed E-state index contributed by atoms with van der Waals surface area (Å²) in [5.74, 6) is 0.609. The number of likely N-dealkylation sites (tertiary alicyclic amines) is 1. The van der Waals surface area contributed by atoms with Gasteiger partial charge in [-0.3, -0.25) is 4.79 Å². The molecular formula is C15H20BrClN2O2. The van der Waals surface area contributed by atoms with E-state index in [0.717, 1.165) is 17.3 Å². The minimum absolute atomic E-state index is 0.00347. The standard InChI is InChI=1S/C15H20BrClN2O2/c1-9-7-12(18)5-6-19(9)15(20)10(2)21-14-4-3-11(17)8-13(14)16/h3-4,8-10,12H,5-7,18H2,1-2H3. The monoisotopic (exact) mass is 374 g/mol. The van der Waals surface area contributed by atoms with E-state index in [4.69, 9.17) is 22.1 Å². The largest absolute Gasteiger partial charge is 0.480 e. The molecule has 116 valence electrons. The van der Waals surface area contributed by atoms with Crippen LogP contribution in [-0.2, 0) is 4.79 Å². The minimum atomic E-state index is -0.542. The van der Waals surface area contributed by atoms with Gasteiger partial charge in [0.15, 0.2) is 6.10 Å². The van der Waals surface area contributed by atoms with Crippen molar-refractivity contribution in [2.75, 3.05) is 6.54 Å². The third-order valence-corrected chi connectivity index (χ3v) is 4.60. The second-order valence-electron chi connectivity index (χ2n) is 5.50. The fourth-order valence-corrected chi connectivity index (χ4v) is 3.36. The number of benzene rings is 1. The summed E-state index contributed by atoms with van der Waals surface area (Å²) in [6, 6.07) is 5.58. The number of amides is 1. The number of nitrogens with zero attached hydrogens (tertiary/aromatic N) is 1. The quantitative estimate of drug-likeness (QED) is 0.882. The van der Waals surface area contributed by atoms with Crippen LogP contribution in [0.3, 0.4) is 0 Å². The van der Waals surface area contributed by atoms with Crippen molar-refractivity contribution in [3.63, 3.8) is 0 Å². The summed E-state index contributed by atoms with van der Waals surface area (Å²) >= 11 is 9.29. The molecule has 3 unspecified atom stereocenters. The Labute approximate surface area is 138 Å². The third kappa shape index (κ3) is 4.11. The number of carbonyl (C=O) groups excluding carboxylic acids is 1. The first-order valence-electron chi connectivity index (χ1n) is 7.06. The molecule has 0 spiro atoms. The molecule has 1 saturated heterocycles. The highest BCUT2D eigenvalue weighted by molar-refractivity contribution is 9.10. The molecule has 1 amide bonds. The van der Waals surface area contributed by atoms with Crippen molar-refractivity contribution in [1.29, 1.82) is 0 Å². The van der Waals surface area contributed by atoms with Gasteiger partial charge in [-0.1, -0.05) is 11.6 Å². The molecule has 2 rings (SSSR count). The molecule has 4 nitrogen and oxygen atoms in total. The van der Waals surface area contributed by atoms with E-state index in [-0.39, 0.29) is 18.0 Å². The van der Waals surface area contributed by atoms with Crippen LogP contribution in [0.2, 0.25) is 5.02 Å². The Morgan fingerprint density at radius 2 is 2.29 bits per heavy atom. The molecule has 1 aliphatic heterocycles. The zero-order valence-corrected chi connectivity index (χ0v) is 14.5. The number of carbonyl (C=O) groups is 1. The van der Waals surface area contributed by atoms with Crippen LogP contribution in [0.15, 0.2) is 22.7 Å². The molecule has 1 aromatic carbocycles. The van der Waals surface area contributed by atoms with Crippen LogP contribution in [0.1, 0.15) is 26.7 Å². The topological polar surface area (TPSA) is 55.6 Å². The highest BCUT2D eigenvalue weighted by Crippen LogP contribution is 2.29. The lowest BCUT2D eigenvalue weighted by Gasteiger charge is -2.37. The maximum Gasteiger partial charge on any atom is 0.263 e. The molecule has 1 heterocycles. The van der Waals surface area contributed by atoms with Crippen molar-refractivity contribution in [2.45, 2.75) is 44.9 Å². The predicted octanol–water partition coefficient (Wildman–Crippen LogP) is 3.21. The highest BCUT2D eigenvalue weighted by Gasteiger charge is 2.30. The Balaban J connectivity index is 2.02. The van der Waals surface area contributed by atoms with Crippen LogP contribution in [0.4, 0.5) is 0 Å². The van der Waals surface area contributed by atoms with Crippen LogP contribution < -0.4 is 10.5 Å². The fourth-order valence-electron chi connectivity index (χ4n) is 2.58. The van der Waals surface area contributed by atoms with Gasteiger partial charge in [0.25, 0.3) is 5.91 Å². The predicted molar refractivity (Wildman–Crippen MR) is 87.6 cm³/mol. The van der Waals surface area contributed by atoms with E-state index in [9.17, 15) is 4.79 Å². The first kappa shape index (κ1) is 16.6. The average Bonchev–Trinajstić information content (AvgIpc) is 2.41. The van der Waals surface area contributed by atoms with Crippen LogP contribution in [-0.4, -0.2) is 35.5 Å². The van der Waals surface area contributed by atoms with Gasteiger partial charge in [-0.25, -0.2) is 0 Å². The molecule has 1 fully saturated rings. The summed E-state index contributed by atoms with van der Waals surface area (Å²) in [4.78, 5) is 14.4. The maximum atomic E-state index is 12.5. The molecule has 0 aliphatic carbocycles. The van der Waals surface area contributed by atoms with Gasteiger partial charge in [-0.05, 0) is 60.8 Å². The number of rotatable bonds is 3. The van der Waals surface area contributed by atoms with E-state index in [1.54, 1.807) is 25.1 Å². The van der Waals surface area contributed by atoms with Crippen molar-refractivity contribution in [3.05, 3.63) is 27.7 Å². The number of hydrogen-bond acceptors (Lipinski definition) is 3. The van der Waals surface area contributed by atoms with Gasteiger partial charge < -0.3 is 15.4 Å². The molecule has 1 aliphatic rings. The number of hydrogen-bond donors (Lipinski definition) is 1. The summed E-state index contributed by atoms with van der Waals surface area (Å²) in [5.41, 5.74) is 5.93. The van der Waals surface area contributed by atoms with Gasteiger partial charge in [-0.2, -0.15) is 0 Å². The van der Waals surface area contributed by atoms with Crippen molar-refractivity contribution >= 4 is 33.4 Å². The van der Waals surface area contributed by atoms with Crippen molar-refractivity contribution in [3.8, 4) is 5.75 Å². The van der Waals surface area contributed by atoms with Crippen molar-refractivity contribution in [1.82, 2.24) is 4.90 Å². The molecule has 0 aromatic heterocycles. The Morgan fingerprint density at radius 1 is 1.57 bits per heavy atom. The van der Waals surface area contributed by atoms with E-state index in [0.29, 0.717) is 17.3 Å². The molecule has 0 radical (unpaired) electrons. The Morgan fingerprint density at radius 3 is 2.90 bits per heavy atom. The highest BCUT2D eigenvalue weighted by atomic mass is 79.9. The average molecular weight is 376 g/mol. The molecule has 0 bridgehead atoms. The summed E-state index contributed by atoms with van der Waals surface area (Å²) in [6.07, 6.45) is 1.13. The normalized spacial score (nSPS) is 23.8. The minimum Gasteiger partial charge on any atom is -0.480 e. The number of ether oxygens (including phenoxy) is 1. The first-order valence-corrected chi connectivity index (χ1v) is 8.23. The van der Waals surface area contributed by atoms with Crippen LogP contribution in [0, 0.1) is 0 Å². The van der Waals surface area contributed by atoms with Crippen LogP contribution in [0.5, 0.6) is 5.75 Å². The number of halogens is 2. The summed E-state index contributed by atoms with van der Waals surface area (Å²) in [6.45, 7) is 4.49. The second kappa shape index (κ2) is 6.99. The Kier molecular flexibility index (Phi) is 5.52. The van der Waals surface area contributed by atoms with Gasteiger partial charge in [0.1, 0.15) is 5.75 Å². The van der Waals surface area contributed by atoms with Crippen LogP contribution >= 0.6 is 27.5 Å². The molecule has 1 aromatic rings. The van der Waals surface area contributed by atoms with E-state index in [1.165, 1.54) is 0 Å². The lowest BCUT2D eigenvalue weighted by Crippen LogP contribution is -2.51. The van der Waals surface area contributed by atoms with E-state index in [1.807, 2.05) is 11.8 Å². The lowest BCUT2D eigenvalue weighted by atomic mass is 9.98. The zero-order valence-electron chi connectivity index (χ0n) is 12.2. The molecule has 0 saturated carbocycles. The molecule has 2 N–H and O–H groups in total. The SMILES string of the molecule is CC(Oc1ccc(Cl)cc1Br)C(=O)N1CCC(N)CC1C. The van der Waals surface area contributed by atoms with E-state index >= 15 is 0 Å². The van der Waals surface area contributed by atoms with Gasteiger partial charge >= 0.3 is 0 Å². The maximum absolute atomic E-state index is 12.5. The first-order chi connectivity index (χ1) is 9.88. The third-order valence-electron chi connectivity index (χ3n) is 3.75. The van der Waals surface area contributed by atoms with Crippen LogP contribution in [0.25, 0.3) is 0 Å². The smallest absolute Gasteiger partial charge is 0.263 e. The van der Waals surface area contributed by atoms with E-state index in [2.05, 4.69) is 15.9 Å². The van der Waals surface area contributed by atoms with Crippen molar-refractivity contribution < 1.29 is 9.53 Å². The van der Waals surface area contributed by atoms with E-state index < -0.39 is 6.10 Å². The van der Waals surface area contributed by atoms with Crippen molar-refractivity contribution in [2.24, 2.45) is 5.73 Å². The Hall–Kier alpha value is -0.780. The van der Waals surface area contributed by atoms with Gasteiger partial charge in [0.2, 0.25) is 0 Å². The second-order valence-corrected chi connectivity index (χ2v) is 6.79. The molecule has 3 atom stereocenters. The van der Waals surface area contributed by atoms with Gasteiger partial charge in [-0.15, -0.1) is 0 Å². The summed E-state index contributed by atoms with van der Waals surface area (Å²) in [7, 11) is 0. The number of nitrogens with two attached hydrogens (primary N) is 1. The van der Waals surface area contributed by atoms with Gasteiger partial charge in [0, 0.05) is 23.7 Å². The molecule has 6 heteroatoms. The Bertz CT molecular complexity index is 526. The summed E-state index contributed by atoms with van der Waals surface area (Å²) in [5, 5.41) is 0.617. The van der Waals surface area contributed by atoms with Gasteiger partial charge in [0.05, 0.1) is 4.47 Å². The molecule has 21 heavy (non-hydrogen) atoms.